The monoisotopic (exact) mass is 221 g/mol. The third kappa shape index (κ3) is 2.33. The molecule has 4 nitrogen and oxygen atoms in total. The van der Waals surface area contributed by atoms with Crippen LogP contribution in [0.5, 0.6) is 0 Å². The van der Waals surface area contributed by atoms with Crippen molar-refractivity contribution in [1.29, 1.82) is 0 Å². The van der Waals surface area contributed by atoms with Crippen LogP contribution in [-0.2, 0) is 16.0 Å². The lowest BCUT2D eigenvalue weighted by Crippen LogP contribution is -2.26. The summed E-state index contributed by atoms with van der Waals surface area (Å²) in [5.74, 6) is 0. The van der Waals surface area contributed by atoms with Gasteiger partial charge in [0.05, 0.1) is 6.61 Å². The second kappa shape index (κ2) is 4.99. The molecule has 0 spiro atoms. The molecule has 1 atom stereocenters. The highest BCUT2D eigenvalue weighted by molar-refractivity contribution is 5.65. The van der Waals surface area contributed by atoms with Crippen molar-refractivity contribution in [2.45, 2.75) is 25.9 Å². The summed E-state index contributed by atoms with van der Waals surface area (Å²) in [4.78, 5) is 16.4. The minimum Gasteiger partial charge on any atom is -0.448 e. The Bertz CT molecular complexity index is 378. The van der Waals surface area contributed by atoms with Gasteiger partial charge in [0.15, 0.2) is 0 Å². The Morgan fingerprint density at radius 3 is 3.12 bits per heavy atom. The average Bonchev–Trinajstić information content (AvgIpc) is 2.70. The van der Waals surface area contributed by atoms with Crippen LogP contribution in [0.4, 0.5) is 4.79 Å². The van der Waals surface area contributed by atoms with Crippen molar-refractivity contribution in [3.8, 4) is 0 Å². The molecule has 2 rings (SSSR count). The average molecular weight is 221 g/mol. The summed E-state index contributed by atoms with van der Waals surface area (Å²) < 4.78 is 4.71. The fourth-order valence-electron chi connectivity index (χ4n) is 1.92. The van der Waals surface area contributed by atoms with E-state index < -0.39 is 6.09 Å². The smallest absolute Gasteiger partial charge is 0.431 e. The molecule has 0 heterocycles. The Labute approximate surface area is 94.5 Å². The van der Waals surface area contributed by atoms with Gasteiger partial charge in [0, 0.05) is 0 Å². The van der Waals surface area contributed by atoms with Gasteiger partial charge in [0.1, 0.15) is 6.10 Å². The molecule has 0 saturated heterocycles. The molecule has 1 N–H and O–H groups in total. The Morgan fingerprint density at radius 1 is 1.50 bits per heavy atom. The molecule has 0 aromatic heterocycles. The van der Waals surface area contributed by atoms with E-state index in [1.54, 1.807) is 6.92 Å². The van der Waals surface area contributed by atoms with Gasteiger partial charge in [-0.1, -0.05) is 24.3 Å². The van der Waals surface area contributed by atoms with Crippen LogP contribution in [-0.4, -0.2) is 12.7 Å². The number of hydrogen-bond donors (Lipinski definition) is 1. The zero-order valence-corrected chi connectivity index (χ0v) is 9.23. The summed E-state index contributed by atoms with van der Waals surface area (Å²) in [6, 6.07) is 8.10. The van der Waals surface area contributed by atoms with Crippen LogP contribution in [0.2, 0.25) is 0 Å². The summed E-state index contributed by atoms with van der Waals surface area (Å²) >= 11 is 0. The van der Waals surface area contributed by atoms with Gasteiger partial charge < -0.3 is 4.74 Å². The highest BCUT2D eigenvalue weighted by Crippen LogP contribution is 2.32. The van der Waals surface area contributed by atoms with Gasteiger partial charge in [-0.3, -0.25) is 4.84 Å². The van der Waals surface area contributed by atoms with Crippen molar-refractivity contribution < 1.29 is 14.4 Å². The number of hydroxylamine groups is 1. The third-order valence-corrected chi connectivity index (χ3v) is 2.64. The molecule has 1 aliphatic carbocycles. The first kappa shape index (κ1) is 11.0. The Hall–Kier alpha value is -1.55. The molecule has 16 heavy (non-hydrogen) atoms. The first-order valence-corrected chi connectivity index (χ1v) is 5.47. The van der Waals surface area contributed by atoms with E-state index in [1.807, 2.05) is 18.2 Å². The number of fused-ring (bicyclic) bond motifs is 1. The number of carbonyl (C=O) groups is 1. The number of benzene rings is 1. The van der Waals surface area contributed by atoms with Crippen molar-refractivity contribution in [2.75, 3.05) is 6.61 Å². The largest absolute Gasteiger partial charge is 0.448 e. The van der Waals surface area contributed by atoms with E-state index in [0.29, 0.717) is 6.61 Å². The standard InChI is InChI=1S/C12H15NO3/c1-2-15-12(14)13-16-11-8-7-9-5-3-4-6-10(9)11/h3-6,11H,2,7-8H2,1H3,(H,13,14). The number of amides is 1. The van der Waals surface area contributed by atoms with E-state index in [1.165, 1.54) is 5.56 Å². The number of ether oxygens (including phenoxy) is 1. The van der Waals surface area contributed by atoms with Crippen molar-refractivity contribution >= 4 is 6.09 Å². The molecule has 0 aliphatic heterocycles. The van der Waals surface area contributed by atoms with E-state index in [4.69, 9.17) is 9.57 Å². The number of aryl methyl sites for hydroxylation is 1. The van der Waals surface area contributed by atoms with Gasteiger partial charge in [-0.25, -0.2) is 4.79 Å². The number of rotatable bonds is 3. The van der Waals surface area contributed by atoms with E-state index in [9.17, 15) is 4.79 Å². The van der Waals surface area contributed by atoms with Gasteiger partial charge >= 0.3 is 6.09 Å². The molecule has 86 valence electrons. The lowest BCUT2D eigenvalue weighted by molar-refractivity contribution is -0.0231. The van der Waals surface area contributed by atoms with E-state index in [2.05, 4.69) is 11.5 Å². The lowest BCUT2D eigenvalue weighted by Gasteiger charge is -2.12. The fourth-order valence-corrected chi connectivity index (χ4v) is 1.92. The predicted molar refractivity (Wildman–Crippen MR) is 58.7 cm³/mol. The van der Waals surface area contributed by atoms with Crippen LogP contribution >= 0.6 is 0 Å². The molecule has 0 radical (unpaired) electrons. The van der Waals surface area contributed by atoms with Crippen LogP contribution < -0.4 is 5.48 Å². The zero-order chi connectivity index (χ0) is 11.4. The molecule has 1 aliphatic rings. The van der Waals surface area contributed by atoms with Crippen molar-refractivity contribution in [1.82, 2.24) is 5.48 Å². The molecule has 1 aromatic carbocycles. The second-order valence-electron chi connectivity index (χ2n) is 3.67. The zero-order valence-electron chi connectivity index (χ0n) is 9.23. The van der Waals surface area contributed by atoms with Crippen LogP contribution in [0.1, 0.15) is 30.6 Å². The summed E-state index contributed by atoms with van der Waals surface area (Å²) in [5.41, 5.74) is 4.75. The first-order chi connectivity index (χ1) is 7.81. The minimum atomic E-state index is -0.535. The quantitative estimate of drug-likeness (QED) is 0.797. The maximum atomic E-state index is 11.1. The molecule has 4 heteroatoms. The molecule has 1 amide bonds. The van der Waals surface area contributed by atoms with E-state index in [-0.39, 0.29) is 6.10 Å². The maximum Gasteiger partial charge on any atom is 0.431 e. The van der Waals surface area contributed by atoms with Crippen LogP contribution in [0.3, 0.4) is 0 Å². The highest BCUT2D eigenvalue weighted by Gasteiger charge is 2.23. The van der Waals surface area contributed by atoms with E-state index >= 15 is 0 Å². The van der Waals surface area contributed by atoms with Gasteiger partial charge in [0.25, 0.3) is 0 Å². The minimum absolute atomic E-state index is 0.0550. The highest BCUT2D eigenvalue weighted by atomic mass is 16.7. The van der Waals surface area contributed by atoms with E-state index in [0.717, 1.165) is 18.4 Å². The SMILES string of the molecule is CCOC(=O)NOC1CCc2ccccc21. The second-order valence-corrected chi connectivity index (χ2v) is 3.67. The third-order valence-electron chi connectivity index (χ3n) is 2.64. The van der Waals surface area contributed by atoms with Crippen LogP contribution in [0, 0.1) is 0 Å². The molecule has 0 fully saturated rings. The molecule has 1 aromatic rings. The summed E-state index contributed by atoms with van der Waals surface area (Å²) in [7, 11) is 0. The Balaban J connectivity index is 1.91. The molecule has 0 saturated carbocycles. The number of hydrogen-bond acceptors (Lipinski definition) is 3. The van der Waals surface area contributed by atoms with Gasteiger partial charge in [-0.15, -0.1) is 0 Å². The first-order valence-electron chi connectivity index (χ1n) is 5.47. The number of carbonyl (C=O) groups excluding carboxylic acids is 1. The number of nitrogens with one attached hydrogen (secondary N) is 1. The summed E-state index contributed by atoms with van der Waals surface area (Å²) in [6.07, 6.45) is 1.30. The van der Waals surface area contributed by atoms with Gasteiger partial charge in [0.2, 0.25) is 0 Å². The molecule has 0 bridgehead atoms. The van der Waals surface area contributed by atoms with Gasteiger partial charge in [-0.05, 0) is 30.9 Å². The Kier molecular flexibility index (Phi) is 3.41. The normalized spacial score (nSPS) is 17.9. The lowest BCUT2D eigenvalue weighted by atomic mass is 10.1. The summed E-state index contributed by atoms with van der Waals surface area (Å²) in [5, 5.41) is 0. The fraction of sp³-hybridized carbons (Fsp3) is 0.417. The van der Waals surface area contributed by atoms with Crippen molar-refractivity contribution in [3.63, 3.8) is 0 Å². The Morgan fingerprint density at radius 2 is 2.31 bits per heavy atom. The van der Waals surface area contributed by atoms with Crippen molar-refractivity contribution in [3.05, 3.63) is 35.4 Å². The van der Waals surface area contributed by atoms with Crippen LogP contribution in [0.25, 0.3) is 0 Å². The maximum absolute atomic E-state index is 11.1. The topological polar surface area (TPSA) is 47.6 Å². The summed E-state index contributed by atoms with van der Waals surface area (Å²) in [6.45, 7) is 2.10. The molecule has 1 unspecified atom stereocenters. The molecular formula is C12H15NO3. The molecular weight excluding hydrogens is 206 g/mol. The van der Waals surface area contributed by atoms with Crippen LogP contribution in [0.15, 0.2) is 24.3 Å². The van der Waals surface area contributed by atoms with Gasteiger partial charge in [-0.2, -0.15) is 5.48 Å². The predicted octanol–water partition coefficient (Wildman–Crippen LogP) is 2.35. The van der Waals surface area contributed by atoms with Crippen molar-refractivity contribution in [2.24, 2.45) is 0 Å².